The van der Waals surface area contributed by atoms with E-state index in [4.69, 9.17) is 5.73 Å². The van der Waals surface area contributed by atoms with Crippen LogP contribution in [0.25, 0.3) is 0 Å². The molecule has 0 bridgehead atoms. The van der Waals surface area contributed by atoms with Crippen LogP contribution in [-0.2, 0) is 10.0 Å². The van der Waals surface area contributed by atoms with E-state index in [1.165, 1.54) is 0 Å². The van der Waals surface area contributed by atoms with Crippen molar-refractivity contribution < 1.29 is 21.6 Å². The average molecular weight is 291 g/mol. The lowest BCUT2D eigenvalue weighted by atomic mass is 10.3. The van der Waals surface area contributed by atoms with E-state index in [-0.39, 0.29) is 37.6 Å². The lowest BCUT2D eigenvalue weighted by Crippen LogP contribution is -2.30. The minimum absolute atomic E-state index is 0. The van der Waals surface area contributed by atoms with E-state index >= 15 is 0 Å². The van der Waals surface area contributed by atoms with Gasteiger partial charge in [0.2, 0.25) is 10.0 Å². The van der Waals surface area contributed by atoms with E-state index in [0.29, 0.717) is 0 Å². The van der Waals surface area contributed by atoms with Gasteiger partial charge in [0, 0.05) is 19.2 Å². The molecule has 17 heavy (non-hydrogen) atoms. The van der Waals surface area contributed by atoms with Gasteiger partial charge in [-0.25, -0.2) is 26.3 Å². The second-order valence-electron chi connectivity index (χ2n) is 2.88. The van der Waals surface area contributed by atoms with Gasteiger partial charge in [0.15, 0.2) is 11.6 Å². The van der Waals surface area contributed by atoms with Crippen molar-refractivity contribution >= 4 is 22.4 Å². The second-order valence-corrected chi connectivity index (χ2v) is 4.62. The Labute approximate surface area is 102 Å². The highest BCUT2D eigenvalue weighted by Crippen LogP contribution is 2.18. The first-order valence-electron chi connectivity index (χ1n) is 4.23. The molecule has 1 rings (SSSR count). The first-order valence-corrected chi connectivity index (χ1v) is 5.71. The average Bonchev–Trinajstić information content (AvgIpc) is 2.20. The van der Waals surface area contributed by atoms with E-state index in [1.807, 2.05) is 4.72 Å². The number of hydrogen-bond donors (Lipinski definition) is 2. The maximum atomic E-state index is 13.1. The molecule has 3 N–H and O–H groups in total. The van der Waals surface area contributed by atoms with Crippen LogP contribution in [0.2, 0.25) is 0 Å². The Bertz CT molecular complexity index is 496. The lowest BCUT2D eigenvalue weighted by molar-refractivity contribution is 0.481. The molecule has 0 amide bonds. The molecule has 0 aliphatic carbocycles. The summed E-state index contributed by atoms with van der Waals surface area (Å²) >= 11 is 0. The van der Waals surface area contributed by atoms with Gasteiger partial charge in [-0.15, -0.1) is 12.4 Å². The van der Waals surface area contributed by atoms with Crippen LogP contribution < -0.4 is 10.5 Å². The SMILES string of the molecule is Cl.NCCNS(=O)(=O)c1cc(F)c(F)cc1F. The number of halogens is 4. The Kier molecular flexibility index (Phi) is 5.89. The molecule has 0 fully saturated rings. The van der Waals surface area contributed by atoms with Gasteiger partial charge in [-0.3, -0.25) is 0 Å². The standard InChI is InChI=1S/C8H9F3N2O2S.ClH/c9-5-3-7(11)8(4-6(5)10)16(14,15)13-2-1-12;/h3-4,13H,1-2,12H2;1H. The minimum atomic E-state index is -4.20. The second kappa shape index (κ2) is 6.20. The van der Waals surface area contributed by atoms with Crippen LogP contribution in [0, 0.1) is 17.5 Å². The van der Waals surface area contributed by atoms with Crippen LogP contribution in [0.1, 0.15) is 0 Å². The van der Waals surface area contributed by atoms with Gasteiger partial charge in [-0.1, -0.05) is 0 Å². The molecule has 98 valence electrons. The summed E-state index contributed by atoms with van der Waals surface area (Å²) in [5.41, 5.74) is 5.05. The van der Waals surface area contributed by atoms with Crippen molar-refractivity contribution in [2.45, 2.75) is 4.90 Å². The topological polar surface area (TPSA) is 72.2 Å². The van der Waals surface area contributed by atoms with Gasteiger partial charge < -0.3 is 5.73 Å². The van der Waals surface area contributed by atoms with Crippen LogP contribution in [0.3, 0.4) is 0 Å². The highest BCUT2D eigenvalue weighted by Gasteiger charge is 2.21. The van der Waals surface area contributed by atoms with Crippen molar-refractivity contribution in [3.8, 4) is 0 Å². The van der Waals surface area contributed by atoms with E-state index < -0.39 is 32.4 Å². The first kappa shape index (κ1) is 16.2. The fourth-order valence-corrected chi connectivity index (χ4v) is 2.10. The predicted octanol–water partition coefficient (Wildman–Crippen LogP) is 0.763. The van der Waals surface area contributed by atoms with Gasteiger partial charge in [-0.2, -0.15) is 0 Å². The Morgan fingerprint density at radius 3 is 2.18 bits per heavy atom. The zero-order chi connectivity index (χ0) is 12.3. The molecule has 1 aromatic carbocycles. The maximum absolute atomic E-state index is 13.1. The molecule has 0 aliphatic heterocycles. The van der Waals surface area contributed by atoms with Crippen molar-refractivity contribution in [1.82, 2.24) is 4.72 Å². The molecule has 0 saturated heterocycles. The normalized spacial score (nSPS) is 11.1. The molecule has 0 aliphatic rings. The van der Waals surface area contributed by atoms with Gasteiger partial charge >= 0.3 is 0 Å². The summed E-state index contributed by atoms with van der Waals surface area (Å²) in [6, 6.07) is 0.454. The monoisotopic (exact) mass is 290 g/mol. The number of sulfonamides is 1. The van der Waals surface area contributed by atoms with Crippen molar-refractivity contribution in [3.63, 3.8) is 0 Å². The Balaban J connectivity index is 0.00000256. The van der Waals surface area contributed by atoms with Crippen molar-refractivity contribution in [2.75, 3.05) is 13.1 Å². The lowest BCUT2D eigenvalue weighted by Gasteiger charge is -2.06. The summed E-state index contributed by atoms with van der Waals surface area (Å²) in [5, 5.41) is 0. The maximum Gasteiger partial charge on any atom is 0.243 e. The molecule has 0 atom stereocenters. The third kappa shape index (κ3) is 3.84. The number of nitrogens with one attached hydrogen (secondary N) is 1. The Hall–Kier alpha value is -0.830. The molecule has 1 aromatic rings. The molecule has 0 aromatic heterocycles. The van der Waals surface area contributed by atoms with Crippen LogP contribution in [0.5, 0.6) is 0 Å². The molecule has 0 heterocycles. The fourth-order valence-electron chi connectivity index (χ4n) is 0.981. The van der Waals surface area contributed by atoms with Gasteiger partial charge in [0.1, 0.15) is 10.7 Å². The Morgan fingerprint density at radius 2 is 1.65 bits per heavy atom. The predicted molar refractivity (Wildman–Crippen MR) is 57.8 cm³/mol. The molecule has 0 saturated carbocycles. The molecular formula is C8H10ClF3N2O2S. The fraction of sp³-hybridized carbons (Fsp3) is 0.250. The largest absolute Gasteiger partial charge is 0.329 e. The molecule has 9 heteroatoms. The highest BCUT2D eigenvalue weighted by molar-refractivity contribution is 7.89. The highest BCUT2D eigenvalue weighted by atomic mass is 35.5. The van der Waals surface area contributed by atoms with E-state index in [0.717, 1.165) is 0 Å². The third-order valence-electron chi connectivity index (χ3n) is 1.70. The summed E-state index contributed by atoms with van der Waals surface area (Å²) in [7, 11) is -4.20. The van der Waals surface area contributed by atoms with Crippen LogP contribution in [0.15, 0.2) is 17.0 Å². The summed E-state index contributed by atoms with van der Waals surface area (Å²) < 4.78 is 63.1. The zero-order valence-corrected chi connectivity index (χ0v) is 10.0. The number of nitrogens with two attached hydrogens (primary N) is 1. The Morgan fingerprint density at radius 1 is 1.12 bits per heavy atom. The molecule has 0 radical (unpaired) electrons. The van der Waals surface area contributed by atoms with Crippen molar-refractivity contribution in [3.05, 3.63) is 29.6 Å². The summed E-state index contributed by atoms with van der Waals surface area (Å²) in [5.74, 6) is -4.24. The van der Waals surface area contributed by atoms with Crippen LogP contribution in [-0.4, -0.2) is 21.5 Å². The van der Waals surface area contributed by atoms with E-state index in [9.17, 15) is 21.6 Å². The summed E-state index contributed by atoms with van der Waals surface area (Å²) in [6.07, 6.45) is 0. The smallest absolute Gasteiger partial charge is 0.243 e. The van der Waals surface area contributed by atoms with Gasteiger partial charge in [-0.05, 0) is 6.07 Å². The van der Waals surface area contributed by atoms with Gasteiger partial charge in [0.05, 0.1) is 0 Å². The van der Waals surface area contributed by atoms with E-state index in [2.05, 4.69) is 0 Å². The summed E-state index contributed by atoms with van der Waals surface area (Å²) in [4.78, 5) is -0.945. The quantitative estimate of drug-likeness (QED) is 0.804. The van der Waals surface area contributed by atoms with Crippen molar-refractivity contribution in [2.24, 2.45) is 5.73 Å². The van der Waals surface area contributed by atoms with Crippen LogP contribution in [0.4, 0.5) is 13.2 Å². The minimum Gasteiger partial charge on any atom is -0.329 e. The van der Waals surface area contributed by atoms with Gasteiger partial charge in [0.25, 0.3) is 0 Å². The number of hydrogen-bond acceptors (Lipinski definition) is 3. The molecule has 0 spiro atoms. The third-order valence-corrected chi connectivity index (χ3v) is 3.18. The zero-order valence-electron chi connectivity index (χ0n) is 8.41. The van der Waals surface area contributed by atoms with E-state index in [1.54, 1.807) is 0 Å². The molecule has 4 nitrogen and oxygen atoms in total. The van der Waals surface area contributed by atoms with Crippen LogP contribution >= 0.6 is 12.4 Å². The van der Waals surface area contributed by atoms with Crippen molar-refractivity contribution in [1.29, 1.82) is 0 Å². The summed E-state index contributed by atoms with van der Waals surface area (Å²) in [6.45, 7) is -0.120. The molecule has 0 unspecified atom stereocenters. The molecular weight excluding hydrogens is 281 g/mol. The number of benzene rings is 1. The first-order chi connectivity index (χ1) is 7.38. The number of rotatable bonds is 4.